The average molecular weight is 318 g/mol. The molecule has 0 amide bonds. The lowest BCUT2D eigenvalue weighted by Gasteiger charge is -2.31. The predicted octanol–water partition coefficient (Wildman–Crippen LogP) is 4.00. The highest BCUT2D eigenvalue weighted by atomic mass is 35.5. The third-order valence-corrected chi connectivity index (χ3v) is 2.97. The third-order valence-electron chi connectivity index (χ3n) is 2.01. The van der Waals surface area contributed by atoms with Crippen molar-refractivity contribution in [3.63, 3.8) is 0 Å². The molecule has 1 nitrogen and oxygen atoms in total. The van der Waals surface area contributed by atoms with E-state index in [0.29, 0.717) is 11.3 Å². The zero-order valence-electron chi connectivity index (χ0n) is 8.35. The Labute approximate surface area is 107 Å². The van der Waals surface area contributed by atoms with Crippen LogP contribution in [0.1, 0.15) is 10.9 Å². The van der Waals surface area contributed by atoms with E-state index < -0.39 is 28.9 Å². The van der Waals surface area contributed by atoms with Crippen LogP contribution in [-0.2, 0) is 0 Å². The number of hydrogen-bond donors (Lipinski definition) is 1. The van der Waals surface area contributed by atoms with Crippen LogP contribution < -0.4 is 5.73 Å². The fourth-order valence-corrected chi connectivity index (χ4v) is 1.80. The van der Waals surface area contributed by atoms with E-state index in [1.807, 2.05) is 0 Å². The molecular formula is C8H7ClF7NS. The van der Waals surface area contributed by atoms with Gasteiger partial charge in [0.25, 0.3) is 0 Å². The Balaban J connectivity index is 0.00000289. The molecule has 0 saturated carbocycles. The van der Waals surface area contributed by atoms with Gasteiger partial charge in [-0.25, -0.2) is 0 Å². The molecule has 1 aromatic rings. The van der Waals surface area contributed by atoms with Gasteiger partial charge in [-0.05, 0) is 11.4 Å². The number of thiophene rings is 1. The molecule has 18 heavy (non-hydrogen) atoms. The molecule has 0 aliphatic heterocycles. The summed E-state index contributed by atoms with van der Waals surface area (Å²) in [5.41, 5.74) is 4.78. The van der Waals surface area contributed by atoms with Crippen LogP contribution >= 0.6 is 23.7 Å². The lowest BCUT2D eigenvalue weighted by atomic mass is 10.0. The summed E-state index contributed by atoms with van der Waals surface area (Å²) in [7, 11) is 0. The van der Waals surface area contributed by atoms with Gasteiger partial charge in [-0.2, -0.15) is 30.7 Å². The highest BCUT2D eigenvalue weighted by molar-refractivity contribution is 7.10. The zero-order chi connectivity index (χ0) is 13.5. The summed E-state index contributed by atoms with van der Waals surface area (Å²) in [6, 6.07) is -0.517. The summed E-state index contributed by atoms with van der Waals surface area (Å²) in [6.45, 7) is 0. The standard InChI is InChI=1S/C8H6F7NS.ClH/c9-6(10,7(11,12)8(13,14)15)5(16)4-2-1-3-17-4;/h1-3,5H,16H2;1H/t5-;/m1./s1. The quantitative estimate of drug-likeness (QED) is 0.838. The van der Waals surface area contributed by atoms with Crippen LogP contribution in [0.3, 0.4) is 0 Å². The molecule has 1 aromatic heterocycles. The Morgan fingerprint density at radius 3 is 1.89 bits per heavy atom. The van der Waals surface area contributed by atoms with Gasteiger partial charge in [-0.15, -0.1) is 23.7 Å². The van der Waals surface area contributed by atoms with Crippen LogP contribution in [0.5, 0.6) is 0 Å². The van der Waals surface area contributed by atoms with Crippen molar-refractivity contribution in [3.8, 4) is 0 Å². The lowest BCUT2D eigenvalue weighted by Crippen LogP contribution is -2.56. The Morgan fingerprint density at radius 1 is 1.06 bits per heavy atom. The summed E-state index contributed by atoms with van der Waals surface area (Å²) in [6.07, 6.45) is -6.36. The van der Waals surface area contributed by atoms with Gasteiger partial charge in [0.15, 0.2) is 0 Å². The smallest absolute Gasteiger partial charge is 0.318 e. The Bertz CT molecular complexity index is 375. The zero-order valence-corrected chi connectivity index (χ0v) is 9.98. The first-order chi connectivity index (χ1) is 7.52. The second-order valence-corrected chi connectivity index (χ2v) is 4.17. The van der Waals surface area contributed by atoms with Gasteiger partial charge in [0.1, 0.15) is 6.04 Å². The summed E-state index contributed by atoms with van der Waals surface area (Å²) >= 11 is 0.579. The Kier molecular flexibility index (Phi) is 5.06. The minimum atomic E-state index is -6.36. The van der Waals surface area contributed by atoms with Crippen molar-refractivity contribution in [1.29, 1.82) is 0 Å². The molecule has 1 rings (SSSR count). The minimum absolute atomic E-state index is 0. The molecule has 0 bridgehead atoms. The molecule has 0 unspecified atom stereocenters. The van der Waals surface area contributed by atoms with Crippen molar-refractivity contribution < 1.29 is 30.7 Å². The normalized spacial score (nSPS) is 15.1. The topological polar surface area (TPSA) is 26.0 Å². The van der Waals surface area contributed by atoms with Gasteiger partial charge < -0.3 is 5.73 Å². The van der Waals surface area contributed by atoms with Crippen LogP contribution in [0.4, 0.5) is 30.7 Å². The fourth-order valence-electron chi connectivity index (χ4n) is 1.03. The molecule has 2 N–H and O–H groups in total. The van der Waals surface area contributed by atoms with Gasteiger partial charge in [0.2, 0.25) is 0 Å². The van der Waals surface area contributed by atoms with Crippen LogP contribution in [0, 0.1) is 0 Å². The van der Waals surface area contributed by atoms with Crippen molar-refractivity contribution >= 4 is 23.7 Å². The molecule has 1 heterocycles. The molecule has 106 valence electrons. The van der Waals surface area contributed by atoms with Crippen molar-refractivity contribution in [1.82, 2.24) is 0 Å². The fraction of sp³-hybridized carbons (Fsp3) is 0.500. The first kappa shape index (κ1) is 17.5. The van der Waals surface area contributed by atoms with Gasteiger partial charge in [-0.3, -0.25) is 0 Å². The maximum atomic E-state index is 13.1. The van der Waals surface area contributed by atoms with E-state index in [-0.39, 0.29) is 12.4 Å². The van der Waals surface area contributed by atoms with Crippen molar-refractivity contribution in [2.75, 3.05) is 0 Å². The largest absolute Gasteiger partial charge is 0.459 e. The molecule has 0 saturated heterocycles. The van der Waals surface area contributed by atoms with E-state index in [1.165, 1.54) is 11.4 Å². The number of halogens is 8. The van der Waals surface area contributed by atoms with Crippen molar-refractivity contribution in [2.45, 2.75) is 24.1 Å². The number of nitrogens with two attached hydrogens (primary N) is 1. The van der Waals surface area contributed by atoms with Gasteiger partial charge in [-0.1, -0.05) is 6.07 Å². The van der Waals surface area contributed by atoms with E-state index in [0.717, 1.165) is 6.07 Å². The van der Waals surface area contributed by atoms with E-state index in [9.17, 15) is 30.7 Å². The van der Waals surface area contributed by atoms with Gasteiger partial charge in [0.05, 0.1) is 0 Å². The first-order valence-corrected chi connectivity index (χ1v) is 5.01. The first-order valence-electron chi connectivity index (χ1n) is 4.13. The lowest BCUT2D eigenvalue weighted by molar-refractivity contribution is -0.359. The second-order valence-electron chi connectivity index (χ2n) is 3.19. The average Bonchev–Trinajstić information content (AvgIpc) is 2.66. The minimum Gasteiger partial charge on any atom is -0.318 e. The van der Waals surface area contributed by atoms with Crippen LogP contribution in [-0.4, -0.2) is 18.0 Å². The second kappa shape index (κ2) is 5.22. The molecule has 0 radical (unpaired) electrons. The Morgan fingerprint density at radius 2 is 1.56 bits per heavy atom. The van der Waals surface area contributed by atoms with E-state index in [1.54, 1.807) is 0 Å². The maximum Gasteiger partial charge on any atom is 0.459 e. The van der Waals surface area contributed by atoms with Gasteiger partial charge >= 0.3 is 18.0 Å². The Hall–Kier alpha value is -0.540. The van der Waals surface area contributed by atoms with Crippen LogP contribution in [0.25, 0.3) is 0 Å². The van der Waals surface area contributed by atoms with E-state index in [2.05, 4.69) is 0 Å². The number of rotatable bonds is 3. The molecule has 0 spiro atoms. The summed E-state index contributed by atoms with van der Waals surface area (Å²) in [5.74, 6) is -11.6. The molecule has 1 atom stereocenters. The number of alkyl halides is 7. The molecule has 0 aliphatic carbocycles. The molecule has 0 aliphatic rings. The molecule has 10 heteroatoms. The van der Waals surface area contributed by atoms with Crippen molar-refractivity contribution in [2.24, 2.45) is 5.73 Å². The maximum absolute atomic E-state index is 13.1. The summed E-state index contributed by atoms with van der Waals surface area (Å²) in [4.78, 5) is -0.445. The molecule has 0 fully saturated rings. The van der Waals surface area contributed by atoms with E-state index >= 15 is 0 Å². The van der Waals surface area contributed by atoms with Crippen LogP contribution in [0.2, 0.25) is 0 Å². The summed E-state index contributed by atoms with van der Waals surface area (Å²) < 4.78 is 86.9. The van der Waals surface area contributed by atoms with Crippen molar-refractivity contribution in [3.05, 3.63) is 22.4 Å². The monoisotopic (exact) mass is 317 g/mol. The highest BCUT2D eigenvalue weighted by Crippen LogP contribution is 2.51. The molecular weight excluding hydrogens is 311 g/mol. The SMILES string of the molecule is Cl.N[C@H](c1cccs1)C(F)(F)C(F)(F)C(F)(F)F. The predicted molar refractivity (Wildman–Crippen MR) is 54.4 cm³/mol. The molecule has 0 aromatic carbocycles. The summed E-state index contributed by atoms with van der Waals surface area (Å²) in [5, 5.41) is 1.25. The number of hydrogen-bond acceptors (Lipinski definition) is 2. The van der Waals surface area contributed by atoms with Gasteiger partial charge in [0, 0.05) is 4.88 Å². The highest BCUT2D eigenvalue weighted by Gasteiger charge is 2.75. The van der Waals surface area contributed by atoms with E-state index in [4.69, 9.17) is 5.73 Å². The van der Waals surface area contributed by atoms with Crippen LogP contribution in [0.15, 0.2) is 17.5 Å². The third kappa shape index (κ3) is 2.72.